The fourth-order valence-corrected chi connectivity index (χ4v) is 1.75. The number of phenolic OH excluding ortho intramolecular Hbond substituents is 1. The second kappa shape index (κ2) is 9.56. The number of aromatic hydroxyl groups is 1. The van der Waals surface area contributed by atoms with Crippen LogP contribution in [0.4, 0.5) is 0 Å². The molecule has 1 rings (SSSR count). The number of ether oxygens (including phenoxy) is 1. The molecule has 0 heterocycles. The van der Waals surface area contributed by atoms with Crippen LogP contribution in [0.3, 0.4) is 0 Å². The molecular weight excluding hydrogens is 396 g/mol. The van der Waals surface area contributed by atoms with Crippen LogP contribution in [0.5, 0.6) is 11.5 Å². The maximum atomic E-state index is 11.8. The smallest absolute Gasteiger partial charge is 0.336 e. The summed E-state index contributed by atoms with van der Waals surface area (Å²) in [5.41, 5.74) is -2.62. The van der Waals surface area contributed by atoms with Gasteiger partial charge in [0, 0.05) is 23.1 Å². The number of carboxylic acid groups (broad SMARTS) is 3. The first-order valence-electron chi connectivity index (χ1n) is 6.66. The Bertz CT molecular complexity index is 742. The van der Waals surface area contributed by atoms with Gasteiger partial charge in [0.25, 0.3) is 0 Å². The summed E-state index contributed by atoms with van der Waals surface area (Å²) >= 11 is 0. The first-order valence-corrected chi connectivity index (χ1v) is 6.66. The van der Waals surface area contributed by atoms with E-state index in [1.54, 1.807) is 0 Å². The van der Waals surface area contributed by atoms with Gasteiger partial charge in [-0.25, -0.2) is 9.59 Å². The standard InChI is InChI=1S/C15H14O10.Fe/c16-9-3-1-8(2-4-11(17)18)5-10(9)25-13(21)7-15(24,14(22)23)6-12(19)20;/h1-5,16,24H,6-7H2,(H,17,18)(H,19,20)(H,22,23);/b4-2+;. The van der Waals surface area contributed by atoms with E-state index in [9.17, 15) is 29.4 Å². The molecule has 1 aromatic rings. The molecule has 0 amide bonds. The molecule has 0 bridgehead atoms. The number of phenols is 1. The number of hydrogen-bond acceptors (Lipinski definition) is 7. The average Bonchev–Trinajstić information content (AvgIpc) is 2.46. The molecule has 0 radical (unpaired) electrons. The van der Waals surface area contributed by atoms with E-state index in [0.717, 1.165) is 24.3 Å². The molecule has 0 aliphatic carbocycles. The van der Waals surface area contributed by atoms with Crippen LogP contribution in [0.1, 0.15) is 18.4 Å². The number of aliphatic hydroxyl groups is 1. The maximum absolute atomic E-state index is 11.8. The van der Waals surface area contributed by atoms with E-state index >= 15 is 0 Å². The first kappa shape index (κ1) is 23.1. The third kappa shape index (κ3) is 6.93. The number of rotatable bonds is 8. The van der Waals surface area contributed by atoms with Crippen LogP contribution in [0.25, 0.3) is 6.08 Å². The molecule has 0 saturated carbocycles. The van der Waals surface area contributed by atoms with Gasteiger partial charge >= 0.3 is 23.9 Å². The molecule has 1 unspecified atom stereocenters. The molecule has 142 valence electrons. The molecule has 1 atom stereocenters. The zero-order valence-electron chi connectivity index (χ0n) is 12.9. The number of carboxylic acids is 3. The van der Waals surface area contributed by atoms with Gasteiger partial charge in [-0.3, -0.25) is 9.59 Å². The third-order valence-electron chi connectivity index (χ3n) is 2.90. The number of hydrogen-bond donors (Lipinski definition) is 5. The minimum atomic E-state index is -2.88. The fourth-order valence-electron chi connectivity index (χ4n) is 1.75. The van der Waals surface area contributed by atoms with E-state index in [2.05, 4.69) is 0 Å². The fraction of sp³-hybridized carbons (Fsp3) is 0.200. The van der Waals surface area contributed by atoms with Crippen molar-refractivity contribution in [1.82, 2.24) is 0 Å². The molecule has 11 heteroatoms. The van der Waals surface area contributed by atoms with Gasteiger partial charge in [-0.2, -0.15) is 0 Å². The Labute approximate surface area is 156 Å². The van der Waals surface area contributed by atoms with Crippen LogP contribution in [-0.4, -0.2) is 55.0 Å². The van der Waals surface area contributed by atoms with Crippen LogP contribution in [-0.2, 0) is 36.2 Å². The van der Waals surface area contributed by atoms with Gasteiger partial charge < -0.3 is 30.3 Å². The van der Waals surface area contributed by atoms with Gasteiger partial charge in [-0.05, 0) is 23.8 Å². The minimum absolute atomic E-state index is 0. The minimum Gasteiger partial charge on any atom is -0.504 e. The van der Waals surface area contributed by atoms with Crippen molar-refractivity contribution in [3.05, 3.63) is 29.8 Å². The molecule has 0 aromatic heterocycles. The molecule has 10 nitrogen and oxygen atoms in total. The Hall–Kier alpha value is -2.88. The quantitative estimate of drug-likeness (QED) is 0.170. The Morgan fingerprint density at radius 3 is 2.19 bits per heavy atom. The first-order chi connectivity index (χ1) is 11.5. The van der Waals surface area contributed by atoms with Crippen LogP contribution in [0.2, 0.25) is 0 Å². The van der Waals surface area contributed by atoms with Gasteiger partial charge in [0.15, 0.2) is 17.1 Å². The van der Waals surface area contributed by atoms with E-state index in [0.29, 0.717) is 0 Å². The predicted octanol–water partition coefficient (Wildman–Crippen LogP) is 0.0734. The Morgan fingerprint density at radius 1 is 1.08 bits per heavy atom. The molecule has 0 aliphatic rings. The summed E-state index contributed by atoms with van der Waals surface area (Å²) in [6.07, 6.45) is -0.459. The van der Waals surface area contributed by atoms with E-state index in [-0.39, 0.29) is 22.6 Å². The van der Waals surface area contributed by atoms with E-state index in [1.807, 2.05) is 0 Å². The van der Waals surface area contributed by atoms with Crippen LogP contribution in [0, 0.1) is 0 Å². The number of aliphatic carboxylic acids is 3. The molecule has 1 aromatic carbocycles. The van der Waals surface area contributed by atoms with Crippen LogP contribution < -0.4 is 4.74 Å². The zero-order valence-corrected chi connectivity index (χ0v) is 14.0. The van der Waals surface area contributed by atoms with Crippen LogP contribution in [0.15, 0.2) is 24.3 Å². The van der Waals surface area contributed by atoms with Gasteiger partial charge in [0.05, 0.1) is 12.8 Å². The van der Waals surface area contributed by atoms with E-state index in [4.69, 9.17) is 20.1 Å². The summed E-state index contributed by atoms with van der Waals surface area (Å²) in [4.78, 5) is 43.8. The number of carbonyl (C=O) groups is 4. The normalized spacial score (nSPS) is 12.7. The van der Waals surface area contributed by atoms with Crippen LogP contribution >= 0.6 is 0 Å². The van der Waals surface area contributed by atoms with E-state index in [1.165, 1.54) is 6.07 Å². The second-order valence-electron chi connectivity index (χ2n) is 4.96. The summed E-state index contributed by atoms with van der Waals surface area (Å²) in [7, 11) is 0. The van der Waals surface area contributed by atoms with Gasteiger partial charge in [-0.1, -0.05) is 6.07 Å². The van der Waals surface area contributed by atoms with Crippen molar-refractivity contribution in [2.75, 3.05) is 0 Å². The van der Waals surface area contributed by atoms with Gasteiger partial charge in [0.1, 0.15) is 0 Å². The number of benzene rings is 1. The molecule has 0 aliphatic heterocycles. The molecule has 26 heavy (non-hydrogen) atoms. The molecule has 0 fully saturated rings. The zero-order chi connectivity index (χ0) is 19.2. The molecule has 5 N–H and O–H groups in total. The van der Waals surface area contributed by atoms with Crippen molar-refractivity contribution in [2.24, 2.45) is 0 Å². The average molecular weight is 410 g/mol. The van der Waals surface area contributed by atoms with E-state index < -0.39 is 53.8 Å². The Kier molecular flexibility index (Phi) is 8.50. The Balaban J connectivity index is 0.00000625. The molecule has 0 saturated heterocycles. The summed E-state index contributed by atoms with van der Waals surface area (Å²) in [5, 5.41) is 45.4. The molecule has 0 spiro atoms. The summed E-state index contributed by atoms with van der Waals surface area (Å²) in [5.74, 6) is -7.01. The number of esters is 1. The largest absolute Gasteiger partial charge is 0.504 e. The van der Waals surface area contributed by atoms with Crippen molar-refractivity contribution in [3.8, 4) is 11.5 Å². The second-order valence-corrected chi connectivity index (χ2v) is 4.96. The van der Waals surface area contributed by atoms with Crippen molar-refractivity contribution in [2.45, 2.75) is 18.4 Å². The summed E-state index contributed by atoms with van der Waals surface area (Å²) in [6, 6.07) is 3.53. The monoisotopic (exact) mass is 410 g/mol. The summed E-state index contributed by atoms with van der Waals surface area (Å²) < 4.78 is 4.73. The van der Waals surface area contributed by atoms with Gasteiger partial charge in [-0.15, -0.1) is 0 Å². The maximum Gasteiger partial charge on any atom is 0.336 e. The SMILES string of the molecule is O=C(O)/C=C/c1ccc(O)c(OC(=O)CC(O)(CC(=O)O)C(=O)O)c1.[Fe]. The summed E-state index contributed by atoms with van der Waals surface area (Å²) in [6.45, 7) is 0. The molecular formula is C15H14FeO10. The van der Waals surface area contributed by atoms with Crippen molar-refractivity contribution >= 4 is 30.0 Å². The van der Waals surface area contributed by atoms with Crippen molar-refractivity contribution in [1.29, 1.82) is 0 Å². The predicted molar refractivity (Wildman–Crippen MR) is 79.9 cm³/mol. The van der Waals surface area contributed by atoms with Gasteiger partial charge in [0.2, 0.25) is 0 Å². The number of carbonyl (C=O) groups excluding carboxylic acids is 1. The topological polar surface area (TPSA) is 179 Å². The van der Waals surface area contributed by atoms with Crippen molar-refractivity contribution < 1.29 is 66.5 Å². The Morgan fingerprint density at radius 2 is 1.69 bits per heavy atom. The third-order valence-corrected chi connectivity index (χ3v) is 2.90. The van der Waals surface area contributed by atoms with Crippen molar-refractivity contribution in [3.63, 3.8) is 0 Å².